The van der Waals surface area contributed by atoms with Crippen LogP contribution in [0, 0.1) is 0 Å². The third-order valence-electron chi connectivity index (χ3n) is 3.00. The number of benzene rings is 1. The van der Waals surface area contributed by atoms with E-state index in [0.29, 0.717) is 11.4 Å². The lowest BCUT2D eigenvalue weighted by Crippen LogP contribution is -2.52. The first-order valence-electron chi connectivity index (χ1n) is 6.22. The first-order chi connectivity index (χ1) is 10.6. The van der Waals surface area contributed by atoms with Crippen LogP contribution >= 0.6 is 12.2 Å². The predicted octanol–water partition coefficient (Wildman–Crippen LogP) is -1.18. The zero-order valence-corrected chi connectivity index (χ0v) is 12.3. The zero-order valence-electron chi connectivity index (χ0n) is 11.4. The third-order valence-corrected chi connectivity index (χ3v) is 3.22. The van der Waals surface area contributed by atoms with E-state index >= 15 is 0 Å². The second-order valence-electron chi connectivity index (χ2n) is 4.37. The first kappa shape index (κ1) is 14.1. The van der Waals surface area contributed by atoms with Gasteiger partial charge in [0.2, 0.25) is 11.9 Å². The monoisotopic (exact) mass is 320 g/mol. The van der Waals surface area contributed by atoms with Gasteiger partial charge in [0.05, 0.1) is 12.4 Å². The average Bonchev–Trinajstić information content (AvgIpc) is 2.88. The van der Waals surface area contributed by atoms with Crippen molar-refractivity contribution in [2.75, 3.05) is 7.11 Å². The van der Waals surface area contributed by atoms with Gasteiger partial charge >= 0.3 is 0 Å². The summed E-state index contributed by atoms with van der Waals surface area (Å²) in [6.07, 6.45) is -0.783. The molecule has 2 aromatic rings. The van der Waals surface area contributed by atoms with Crippen molar-refractivity contribution >= 4 is 23.3 Å². The maximum atomic E-state index is 12.0. The summed E-state index contributed by atoms with van der Waals surface area (Å²) in [5.74, 6) is 0.158. The molecular formula is C12H12N6O3S. The van der Waals surface area contributed by atoms with E-state index in [-0.39, 0.29) is 16.8 Å². The van der Waals surface area contributed by atoms with E-state index in [1.54, 1.807) is 31.4 Å². The number of aliphatic imine (C=N–C) groups is 1. The number of hydrogen-bond acceptors (Lipinski definition) is 7. The smallest absolute Gasteiger partial charge is 0.284 e. The van der Waals surface area contributed by atoms with E-state index in [9.17, 15) is 5.11 Å². The summed E-state index contributed by atoms with van der Waals surface area (Å²) in [6, 6.07) is 6.94. The Morgan fingerprint density at radius 1 is 1.41 bits per heavy atom. The lowest BCUT2D eigenvalue weighted by Gasteiger charge is -2.20. The van der Waals surface area contributed by atoms with E-state index < -0.39 is 12.1 Å². The van der Waals surface area contributed by atoms with Crippen LogP contribution in [-0.2, 0) is 0 Å². The number of thiocarbonyl (C=S) groups is 1. The van der Waals surface area contributed by atoms with Gasteiger partial charge in [0.15, 0.2) is 17.0 Å². The van der Waals surface area contributed by atoms with Gasteiger partial charge in [0.25, 0.3) is 5.69 Å². The molecule has 0 saturated carbocycles. The summed E-state index contributed by atoms with van der Waals surface area (Å²) in [4.78, 5) is 4.10. The van der Waals surface area contributed by atoms with Crippen molar-refractivity contribution in [3.05, 3.63) is 30.0 Å². The van der Waals surface area contributed by atoms with Crippen molar-refractivity contribution in [2.24, 2.45) is 10.7 Å². The second-order valence-corrected chi connectivity index (χ2v) is 4.78. The summed E-state index contributed by atoms with van der Waals surface area (Å²) in [5, 5.41) is 21.4. The maximum Gasteiger partial charge on any atom is 0.284 e. The van der Waals surface area contributed by atoms with E-state index in [1.165, 1.54) is 4.68 Å². The average molecular weight is 320 g/mol. The lowest BCUT2D eigenvalue weighted by atomic mass is 10.2. The number of nitrogens with two attached hydrogens (primary N) is 1. The van der Waals surface area contributed by atoms with E-state index in [1.807, 2.05) is 0 Å². The number of nitrogens with one attached hydrogen (secondary N) is 2. The molecule has 0 saturated heterocycles. The predicted molar refractivity (Wildman–Crippen MR) is 77.3 cm³/mol. The Morgan fingerprint density at radius 3 is 2.77 bits per heavy atom. The van der Waals surface area contributed by atoms with Crippen LogP contribution in [0.5, 0.6) is 11.7 Å². The van der Waals surface area contributed by atoms with Gasteiger partial charge in [0.1, 0.15) is 5.75 Å². The molecular weight excluding hydrogens is 308 g/mol. The summed E-state index contributed by atoms with van der Waals surface area (Å²) in [5.41, 5.74) is 6.41. The van der Waals surface area contributed by atoms with Crippen LogP contribution < -0.4 is 30.9 Å². The highest BCUT2D eigenvalue weighted by atomic mass is 32.1. The SMILES string of the molecule is COc1ccc(-[n+]2noc([O-])c2C2N=C(N)NC(=S)N2)cc1. The highest BCUT2D eigenvalue weighted by molar-refractivity contribution is 7.80. The van der Waals surface area contributed by atoms with Gasteiger partial charge in [-0.05, 0) is 29.0 Å². The normalized spacial score (nSPS) is 17.4. The number of rotatable bonds is 3. The summed E-state index contributed by atoms with van der Waals surface area (Å²) >= 11 is 5.01. The molecule has 4 N–H and O–H groups in total. The number of aromatic nitrogens is 2. The van der Waals surface area contributed by atoms with Crippen LogP contribution in [0.2, 0.25) is 0 Å². The number of methoxy groups -OCH3 is 1. The van der Waals surface area contributed by atoms with Gasteiger partial charge in [-0.2, -0.15) is 0 Å². The second kappa shape index (κ2) is 5.48. The number of ether oxygens (including phenoxy) is 1. The van der Waals surface area contributed by atoms with Crippen molar-refractivity contribution in [1.82, 2.24) is 15.9 Å². The Morgan fingerprint density at radius 2 is 2.14 bits per heavy atom. The van der Waals surface area contributed by atoms with Crippen LogP contribution in [-0.4, -0.2) is 23.5 Å². The Balaban J connectivity index is 2.03. The molecule has 0 fully saturated rings. The fourth-order valence-electron chi connectivity index (χ4n) is 2.00. The molecule has 0 amide bonds. The van der Waals surface area contributed by atoms with Gasteiger partial charge < -0.3 is 30.7 Å². The molecule has 0 aliphatic carbocycles. The molecule has 2 heterocycles. The van der Waals surface area contributed by atoms with E-state index in [4.69, 9.17) is 27.2 Å². The van der Waals surface area contributed by atoms with Crippen LogP contribution in [0.25, 0.3) is 5.69 Å². The van der Waals surface area contributed by atoms with Crippen molar-refractivity contribution in [3.8, 4) is 17.4 Å². The Labute approximate surface area is 130 Å². The minimum Gasteiger partial charge on any atom is -0.539 e. The molecule has 1 aliphatic heterocycles. The first-order valence-corrected chi connectivity index (χ1v) is 6.63. The molecule has 1 aromatic heterocycles. The molecule has 0 radical (unpaired) electrons. The molecule has 0 spiro atoms. The molecule has 0 bridgehead atoms. The zero-order chi connectivity index (χ0) is 15.7. The van der Waals surface area contributed by atoms with Crippen molar-refractivity contribution in [2.45, 2.75) is 6.17 Å². The van der Waals surface area contributed by atoms with E-state index in [2.05, 4.69) is 20.9 Å². The summed E-state index contributed by atoms with van der Waals surface area (Å²) < 4.78 is 11.2. The largest absolute Gasteiger partial charge is 0.539 e. The summed E-state index contributed by atoms with van der Waals surface area (Å²) in [7, 11) is 1.57. The standard InChI is InChI=1S/C12H12N6O3S/c1-20-7-4-2-6(3-5-7)18-8(10(19)21-17-18)9-14-11(13)16-12(22)15-9/h2-5,9H,1H3,(H4-,13,14,15,16,17,19,22). The summed E-state index contributed by atoms with van der Waals surface area (Å²) in [6.45, 7) is 0. The molecule has 10 heteroatoms. The highest BCUT2D eigenvalue weighted by Gasteiger charge is 2.31. The quantitative estimate of drug-likeness (QED) is 0.477. The number of nitrogens with zero attached hydrogens (tertiary/aromatic N) is 3. The van der Waals surface area contributed by atoms with Gasteiger partial charge in [-0.25, -0.2) is 4.99 Å². The maximum absolute atomic E-state index is 12.0. The van der Waals surface area contributed by atoms with Gasteiger partial charge in [-0.3, -0.25) is 0 Å². The Bertz CT molecular complexity index is 742. The van der Waals surface area contributed by atoms with Crippen LogP contribution in [0.1, 0.15) is 11.9 Å². The van der Waals surface area contributed by atoms with Crippen molar-refractivity contribution in [3.63, 3.8) is 0 Å². The lowest BCUT2D eigenvalue weighted by molar-refractivity contribution is -0.679. The van der Waals surface area contributed by atoms with Crippen LogP contribution in [0.4, 0.5) is 0 Å². The highest BCUT2D eigenvalue weighted by Crippen LogP contribution is 2.22. The molecule has 1 atom stereocenters. The van der Waals surface area contributed by atoms with Gasteiger partial charge in [0, 0.05) is 12.1 Å². The van der Waals surface area contributed by atoms with Gasteiger partial charge in [-0.1, -0.05) is 0 Å². The fourth-order valence-corrected chi connectivity index (χ4v) is 2.22. The molecule has 114 valence electrons. The Hall–Kier alpha value is -2.88. The van der Waals surface area contributed by atoms with E-state index in [0.717, 1.165) is 0 Å². The molecule has 1 aromatic carbocycles. The third kappa shape index (κ3) is 2.51. The number of hydrogen-bond donors (Lipinski definition) is 3. The van der Waals surface area contributed by atoms with Crippen molar-refractivity contribution in [1.29, 1.82) is 0 Å². The molecule has 9 nitrogen and oxygen atoms in total. The fraction of sp³-hybridized carbons (Fsp3) is 0.167. The Kier molecular flexibility index (Phi) is 3.51. The van der Waals surface area contributed by atoms with Crippen molar-refractivity contribution < 1.29 is 19.0 Å². The molecule has 22 heavy (non-hydrogen) atoms. The molecule has 3 rings (SSSR count). The topological polar surface area (TPSA) is 125 Å². The van der Waals surface area contributed by atoms with Crippen LogP contribution in [0.15, 0.2) is 33.8 Å². The van der Waals surface area contributed by atoms with Crippen LogP contribution in [0.3, 0.4) is 0 Å². The minimum absolute atomic E-state index is 0.107. The minimum atomic E-state index is -0.783. The molecule has 1 unspecified atom stereocenters. The number of guanidine groups is 1. The molecule has 1 aliphatic rings. The van der Waals surface area contributed by atoms with Gasteiger partial charge in [-0.15, -0.1) is 0 Å².